The van der Waals surface area contributed by atoms with E-state index in [1.54, 1.807) is 0 Å². The number of carbonyl (C=O) groups excluding carboxylic acids is 2. The van der Waals surface area contributed by atoms with Crippen molar-refractivity contribution in [3.8, 4) is 0 Å². The molecule has 0 unspecified atom stereocenters. The molecule has 2 N–H and O–H groups in total. The zero-order valence-corrected chi connectivity index (χ0v) is 12.6. The lowest BCUT2D eigenvalue weighted by molar-refractivity contribution is -0.137. The van der Waals surface area contributed by atoms with Gasteiger partial charge in [0.1, 0.15) is 10.8 Å². The number of fused-ring (bicyclic) bond motifs is 1. The molecule has 0 radical (unpaired) electrons. The summed E-state index contributed by atoms with van der Waals surface area (Å²) in [6.07, 6.45) is -0.512. The summed E-state index contributed by atoms with van der Waals surface area (Å²) in [5, 5.41) is 11.0. The Morgan fingerprint density at radius 2 is 2.00 bits per heavy atom. The zero-order valence-electron chi connectivity index (χ0n) is 11.1. The molecule has 0 aromatic heterocycles. The number of sulfonamides is 1. The number of alkyl halides is 1. The van der Waals surface area contributed by atoms with Gasteiger partial charge >= 0.3 is 5.97 Å². The van der Waals surface area contributed by atoms with Gasteiger partial charge in [0.15, 0.2) is 0 Å². The molecule has 10 heteroatoms. The number of aliphatic carboxylic acids is 1. The minimum atomic E-state index is -4.12. The SMILES string of the molecule is O=C(O)CCN1C(=O)c2c(NC(=O)CCl)cccc2S1(=O)=O. The van der Waals surface area contributed by atoms with Gasteiger partial charge in [-0.15, -0.1) is 11.6 Å². The molecule has 8 nitrogen and oxygen atoms in total. The normalized spacial score (nSPS) is 15.5. The second-order valence-corrected chi connectivity index (χ2v) is 6.48. The van der Waals surface area contributed by atoms with Gasteiger partial charge in [0.25, 0.3) is 15.9 Å². The highest BCUT2D eigenvalue weighted by Crippen LogP contribution is 2.35. The fourth-order valence-corrected chi connectivity index (χ4v) is 3.68. The van der Waals surface area contributed by atoms with Gasteiger partial charge < -0.3 is 10.4 Å². The molecule has 118 valence electrons. The van der Waals surface area contributed by atoms with Gasteiger partial charge in [0, 0.05) is 6.54 Å². The summed E-state index contributed by atoms with van der Waals surface area (Å²) >= 11 is 5.37. The van der Waals surface area contributed by atoms with E-state index in [0.29, 0.717) is 4.31 Å². The first kappa shape index (κ1) is 16.2. The largest absolute Gasteiger partial charge is 0.481 e. The molecule has 1 aliphatic heterocycles. The maximum atomic E-state index is 12.3. The Balaban J connectivity index is 2.46. The third kappa shape index (κ3) is 2.77. The monoisotopic (exact) mass is 346 g/mol. The van der Waals surface area contributed by atoms with Crippen molar-refractivity contribution >= 4 is 45.1 Å². The lowest BCUT2D eigenvalue weighted by Gasteiger charge is -2.13. The van der Waals surface area contributed by atoms with Crippen molar-refractivity contribution in [1.29, 1.82) is 0 Å². The van der Waals surface area contributed by atoms with E-state index in [2.05, 4.69) is 5.32 Å². The molecular formula is C12H11ClN2O6S. The van der Waals surface area contributed by atoms with E-state index in [4.69, 9.17) is 16.7 Å². The number of carboxylic acids is 1. The Morgan fingerprint density at radius 1 is 1.32 bits per heavy atom. The Labute approximate surface area is 130 Å². The van der Waals surface area contributed by atoms with Gasteiger partial charge in [-0.05, 0) is 12.1 Å². The lowest BCUT2D eigenvalue weighted by atomic mass is 10.1. The molecule has 2 rings (SSSR count). The van der Waals surface area contributed by atoms with Crippen LogP contribution in [0.4, 0.5) is 5.69 Å². The topological polar surface area (TPSA) is 121 Å². The Morgan fingerprint density at radius 3 is 2.59 bits per heavy atom. The average molecular weight is 347 g/mol. The molecule has 0 atom stereocenters. The predicted octanol–water partition coefficient (Wildman–Crippen LogP) is 0.483. The minimum Gasteiger partial charge on any atom is -0.481 e. The molecule has 0 spiro atoms. The van der Waals surface area contributed by atoms with Crippen molar-refractivity contribution in [2.75, 3.05) is 17.7 Å². The van der Waals surface area contributed by atoms with E-state index < -0.39 is 40.8 Å². The molecule has 1 heterocycles. The average Bonchev–Trinajstić information content (AvgIpc) is 2.65. The van der Waals surface area contributed by atoms with E-state index in [1.807, 2.05) is 0 Å². The number of benzene rings is 1. The van der Waals surface area contributed by atoms with Crippen LogP contribution in [0.3, 0.4) is 0 Å². The van der Waals surface area contributed by atoms with Crippen molar-refractivity contribution in [2.24, 2.45) is 0 Å². The molecule has 22 heavy (non-hydrogen) atoms. The number of carbonyl (C=O) groups is 3. The summed E-state index contributed by atoms with van der Waals surface area (Å²) in [5.74, 6) is -3.05. The standard InChI is InChI=1S/C12H11ClN2O6S/c13-6-9(16)14-7-2-1-3-8-11(7)12(19)15(22(8,20)21)5-4-10(17)18/h1-3H,4-6H2,(H,14,16)(H,17,18). The highest BCUT2D eigenvalue weighted by atomic mass is 35.5. The van der Waals surface area contributed by atoms with Crippen molar-refractivity contribution in [2.45, 2.75) is 11.3 Å². The number of hydrogen-bond acceptors (Lipinski definition) is 5. The van der Waals surface area contributed by atoms with Crippen LogP contribution >= 0.6 is 11.6 Å². The van der Waals surface area contributed by atoms with Crippen LogP contribution < -0.4 is 5.32 Å². The van der Waals surface area contributed by atoms with Crippen LogP contribution in [-0.2, 0) is 19.6 Å². The van der Waals surface area contributed by atoms with E-state index in [9.17, 15) is 22.8 Å². The summed E-state index contributed by atoms with van der Waals surface area (Å²) in [7, 11) is -4.12. The molecule has 0 saturated heterocycles. The molecule has 0 bridgehead atoms. The minimum absolute atomic E-state index is 0.0227. The number of hydrogen-bond donors (Lipinski definition) is 2. The van der Waals surface area contributed by atoms with E-state index in [0.717, 1.165) is 0 Å². The first-order chi connectivity index (χ1) is 10.3. The first-order valence-corrected chi connectivity index (χ1v) is 8.04. The summed E-state index contributed by atoms with van der Waals surface area (Å²) in [6, 6.07) is 3.96. The summed E-state index contributed by atoms with van der Waals surface area (Å²) < 4.78 is 25.1. The summed E-state index contributed by atoms with van der Waals surface area (Å²) in [5.41, 5.74) is -0.166. The van der Waals surface area contributed by atoms with E-state index >= 15 is 0 Å². The van der Waals surface area contributed by atoms with Crippen LogP contribution in [0.1, 0.15) is 16.8 Å². The summed E-state index contributed by atoms with van der Waals surface area (Å²) in [4.78, 5) is 34.0. The Bertz CT molecular complexity index is 761. The zero-order chi connectivity index (χ0) is 16.5. The quantitative estimate of drug-likeness (QED) is 0.748. The third-order valence-corrected chi connectivity index (χ3v) is 5.03. The maximum Gasteiger partial charge on any atom is 0.305 e. The predicted molar refractivity (Wildman–Crippen MR) is 76.3 cm³/mol. The van der Waals surface area contributed by atoms with Gasteiger partial charge in [-0.1, -0.05) is 6.07 Å². The van der Waals surface area contributed by atoms with Gasteiger partial charge in [-0.3, -0.25) is 14.4 Å². The van der Waals surface area contributed by atoms with Gasteiger partial charge in [0.05, 0.1) is 17.7 Å². The van der Waals surface area contributed by atoms with Crippen LogP contribution in [0.25, 0.3) is 0 Å². The first-order valence-electron chi connectivity index (χ1n) is 6.06. The molecular weight excluding hydrogens is 336 g/mol. The Kier molecular flexibility index (Phi) is 4.38. The second-order valence-electron chi connectivity index (χ2n) is 4.39. The number of amides is 2. The number of nitrogens with one attached hydrogen (secondary N) is 1. The third-order valence-electron chi connectivity index (χ3n) is 2.96. The number of halogens is 1. The highest BCUT2D eigenvalue weighted by Gasteiger charge is 2.42. The molecule has 0 fully saturated rings. The van der Waals surface area contributed by atoms with Crippen LogP contribution in [0.2, 0.25) is 0 Å². The number of carboxylic acid groups (broad SMARTS) is 1. The summed E-state index contributed by atoms with van der Waals surface area (Å²) in [6.45, 7) is -0.478. The molecule has 1 aromatic rings. The molecule has 1 aliphatic rings. The van der Waals surface area contributed by atoms with E-state index in [1.165, 1.54) is 18.2 Å². The highest BCUT2D eigenvalue weighted by molar-refractivity contribution is 7.90. The van der Waals surface area contributed by atoms with Gasteiger partial charge in [-0.2, -0.15) is 0 Å². The fraction of sp³-hybridized carbons (Fsp3) is 0.250. The van der Waals surface area contributed by atoms with Crippen molar-refractivity contribution in [3.63, 3.8) is 0 Å². The Hall–Kier alpha value is -2.13. The van der Waals surface area contributed by atoms with Crippen LogP contribution in [0.15, 0.2) is 23.1 Å². The lowest BCUT2D eigenvalue weighted by Crippen LogP contribution is -2.32. The van der Waals surface area contributed by atoms with Gasteiger partial charge in [0.2, 0.25) is 5.91 Å². The van der Waals surface area contributed by atoms with Crippen LogP contribution in [0.5, 0.6) is 0 Å². The van der Waals surface area contributed by atoms with Gasteiger partial charge in [-0.25, -0.2) is 12.7 Å². The fourth-order valence-electron chi connectivity index (χ4n) is 2.03. The molecule has 0 saturated carbocycles. The molecule has 1 aromatic carbocycles. The van der Waals surface area contributed by atoms with Crippen molar-refractivity contribution in [1.82, 2.24) is 4.31 Å². The maximum absolute atomic E-state index is 12.3. The number of rotatable bonds is 5. The van der Waals surface area contributed by atoms with E-state index in [-0.39, 0.29) is 22.0 Å². The number of nitrogens with zero attached hydrogens (tertiary/aromatic N) is 1. The molecule has 0 aliphatic carbocycles. The smallest absolute Gasteiger partial charge is 0.305 e. The molecule has 2 amide bonds. The second kappa shape index (κ2) is 5.93. The van der Waals surface area contributed by atoms with Crippen molar-refractivity contribution < 1.29 is 27.9 Å². The number of anilines is 1. The van der Waals surface area contributed by atoms with Crippen molar-refractivity contribution in [3.05, 3.63) is 23.8 Å². The van der Waals surface area contributed by atoms with Crippen LogP contribution in [-0.4, -0.2) is 48.0 Å². The van der Waals surface area contributed by atoms with Crippen LogP contribution in [0, 0.1) is 0 Å².